The number of ether oxygens (including phenoxy) is 2. The number of benzene rings is 3. The maximum absolute atomic E-state index is 12.8. The molecule has 0 aliphatic heterocycles. The molecule has 0 atom stereocenters. The van der Waals surface area contributed by atoms with Crippen LogP contribution in [0, 0.1) is 5.82 Å². The standard InChI is InChI=1S/C22H18FNO4/c23-18-10-6-16(7-11-18)14-24-21(25)15-27-22(26)17-8-12-20(13-9-17)28-19-4-2-1-3-5-19/h1-13H,14-15H2,(H,24,25). The van der Waals surface area contributed by atoms with E-state index in [1.54, 1.807) is 36.4 Å². The molecular formula is C22H18FNO4. The number of amides is 1. The van der Waals surface area contributed by atoms with Gasteiger partial charge in [-0.2, -0.15) is 0 Å². The van der Waals surface area contributed by atoms with Gasteiger partial charge in [-0.1, -0.05) is 30.3 Å². The quantitative estimate of drug-likeness (QED) is 0.628. The Balaban J connectivity index is 1.45. The fraction of sp³-hybridized carbons (Fsp3) is 0.0909. The second-order valence-electron chi connectivity index (χ2n) is 5.92. The first-order valence-corrected chi connectivity index (χ1v) is 8.61. The number of esters is 1. The third kappa shape index (κ3) is 5.67. The number of carbonyl (C=O) groups is 2. The fourth-order valence-electron chi connectivity index (χ4n) is 2.35. The predicted octanol–water partition coefficient (Wildman–Crippen LogP) is 4.09. The normalized spacial score (nSPS) is 10.2. The van der Waals surface area contributed by atoms with Crippen LogP contribution in [-0.4, -0.2) is 18.5 Å². The summed E-state index contributed by atoms with van der Waals surface area (Å²) in [6.07, 6.45) is 0. The Kier molecular flexibility index (Phi) is 6.36. The van der Waals surface area contributed by atoms with Crippen molar-refractivity contribution in [2.24, 2.45) is 0 Å². The van der Waals surface area contributed by atoms with Crippen molar-refractivity contribution in [2.45, 2.75) is 6.54 Å². The fourth-order valence-corrected chi connectivity index (χ4v) is 2.35. The van der Waals surface area contributed by atoms with Crippen LogP contribution in [0.2, 0.25) is 0 Å². The van der Waals surface area contributed by atoms with E-state index in [4.69, 9.17) is 9.47 Å². The summed E-state index contributed by atoms with van der Waals surface area (Å²) in [5, 5.41) is 2.60. The van der Waals surface area contributed by atoms with Gasteiger partial charge in [-0.15, -0.1) is 0 Å². The zero-order valence-corrected chi connectivity index (χ0v) is 14.9. The number of carbonyl (C=O) groups excluding carboxylic acids is 2. The molecule has 0 spiro atoms. The Morgan fingerprint density at radius 3 is 2.14 bits per heavy atom. The Hall–Kier alpha value is -3.67. The smallest absolute Gasteiger partial charge is 0.338 e. The molecule has 28 heavy (non-hydrogen) atoms. The van der Waals surface area contributed by atoms with Crippen molar-refractivity contribution in [3.8, 4) is 11.5 Å². The summed E-state index contributed by atoms with van der Waals surface area (Å²) in [5.74, 6) is -0.121. The van der Waals surface area contributed by atoms with E-state index >= 15 is 0 Å². The number of hydrogen-bond acceptors (Lipinski definition) is 4. The number of hydrogen-bond donors (Lipinski definition) is 1. The summed E-state index contributed by atoms with van der Waals surface area (Å²) in [7, 11) is 0. The molecule has 0 heterocycles. The molecule has 0 saturated heterocycles. The molecule has 3 rings (SSSR count). The van der Waals surface area contributed by atoms with E-state index in [0.29, 0.717) is 17.1 Å². The van der Waals surface area contributed by atoms with Crippen LogP contribution in [0.5, 0.6) is 11.5 Å². The van der Waals surface area contributed by atoms with Crippen LogP contribution in [0.1, 0.15) is 15.9 Å². The van der Waals surface area contributed by atoms with Crippen molar-refractivity contribution >= 4 is 11.9 Å². The molecule has 3 aromatic rings. The number of nitrogens with one attached hydrogen (secondary N) is 1. The van der Waals surface area contributed by atoms with Crippen molar-refractivity contribution in [2.75, 3.05) is 6.61 Å². The predicted molar refractivity (Wildman–Crippen MR) is 101 cm³/mol. The molecule has 0 fully saturated rings. The molecule has 0 radical (unpaired) electrons. The van der Waals surface area contributed by atoms with Gasteiger partial charge in [0.2, 0.25) is 0 Å². The van der Waals surface area contributed by atoms with E-state index < -0.39 is 18.5 Å². The summed E-state index contributed by atoms with van der Waals surface area (Å²) in [5.41, 5.74) is 1.06. The highest BCUT2D eigenvalue weighted by Gasteiger charge is 2.10. The average molecular weight is 379 g/mol. The summed E-state index contributed by atoms with van der Waals surface area (Å²) < 4.78 is 23.5. The molecule has 0 aliphatic carbocycles. The van der Waals surface area contributed by atoms with Crippen molar-refractivity contribution in [1.82, 2.24) is 5.32 Å². The highest BCUT2D eigenvalue weighted by Crippen LogP contribution is 2.21. The molecule has 6 heteroatoms. The van der Waals surface area contributed by atoms with E-state index in [1.165, 1.54) is 12.1 Å². The molecule has 1 N–H and O–H groups in total. The largest absolute Gasteiger partial charge is 0.457 e. The van der Waals surface area contributed by atoms with Gasteiger partial charge < -0.3 is 14.8 Å². The van der Waals surface area contributed by atoms with Gasteiger partial charge >= 0.3 is 5.97 Å². The summed E-state index contributed by atoms with van der Waals surface area (Å²) in [6.45, 7) is -0.176. The Morgan fingerprint density at radius 1 is 0.821 bits per heavy atom. The minimum absolute atomic E-state index is 0.224. The minimum Gasteiger partial charge on any atom is -0.457 e. The lowest BCUT2D eigenvalue weighted by Crippen LogP contribution is -2.28. The van der Waals surface area contributed by atoms with Gasteiger partial charge in [-0.05, 0) is 54.1 Å². The van der Waals surface area contributed by atoms with E-state index in [0.717, 1.165) is 5.56 Å². The third-order valence-electron chi connectivity index (χ3n) is 3.81. The lowest BCUT2D eigenvalue weighted by Gasteiger charge is -2.08. The van der Waals surface area contributed by atoms with Crippen LogP contribution in [0.4, 0.5) is 4.39 Å². The van der Waals surface area contributed by atoms with Crippen molar-refractivity contribution < 1.29 is 23.5 Å². The topological polar surface area (TPSA) is 64.6 Å². The maximum atomic E-state index is 12.8. The molecule has 0 saturated carbocycles. The molecule has 142 valence electrons. The molecular weight excluding hydrogens is 361 g/mol. The van der Waals surface area contributed by atoms with E-state index in [9.17, 15) is 14.0 Å². The van der Waals surface area contributed by atoms with Crippen LogP contribution in [0.3, 0.4) is 0 Å². The van der Waals surface area contributed by atoms with Crippen LogP contribution < -0.4 is 10.1 Å². The molecule has 0 aliphatic rings. The lowest BCUT2D eigenvalue weighted by molar-refractivity contribution is -0.124. The maximum Gasteiger partial charge on any atom is 0.338 e. The van der Waals surface area contributed by atoms with Crippen molar-refractivity contribution in [3.05, 3.63) is 95.8 Å². The zero-order chi connectivity index (χ0) is 19.8. The van der Waals surface area contributed by atoms with Gasteiger partial charge in [0.05, 0.1) is 5.56 Å². The first-order valence-electron chi connectivity index (χ1n) is 8.61. The van der Waals surface area contributed by atoms with Crippen molar-refractivity contribution in [3.63, 3.8) is 0 Å². The van der Waals surface area contributed by atoms with Crippen LogP contribution in [0.25, 0.3) is 0 Å². The summed E-state index contributed by atoms with van der Waals surface area (Å²) in [4.78, 5) is 23.8. The SMILES string of the molecule is O=C(COC(=O)c1ccc(Oc2ccccc2)cc1)NCc1ccc(F)cc1. The monoisotopic (exact) mass is 379 g/mol. The van der Waals surface area contributed by atoms with E-state index in [-0.39, 0.29) is 12.4 Å². The lowest BCUT2D eigenvalue weighted by atomic mass is 10.2. The van der Waals surface area contributed by atoms with Gasteiger partial charge in [0, 0.05) is 6.54 Å². The van der Waals surface area contributed by atoms with Crippen LogP contribution in [-0.2, 0) is 16.1 Å². The molecule has 1 amide bonds. The van der Waals surface area contributed by atoms with Gasteiger partial charge in [0.1, 0.15) is 17.3 Å². The van der Waals surface area contributed by atoms with E-state index in [1.807, 2.05) is 30.3 Å². The molecule has 0 unspecified atom stereocenters. The minimum atomic E-state index is -0.608. The Labute approximate surface area is 161 Å². The summed E-state index contributed by atoms with van der Waals surface area (Å²) >= 11 is 0. The molecule has 0 bridgehead atoms. The first-order chi connectivity index (χ1) is 13.6. The Bertz CT molecular complexity index is 925. The van der Waals surface area contributed by atoms with Crippen LogP contribution >= 0.6 is 0 Å². The number of para-hydroxylation sites is 1. The van der Waals surface area contributed by atoms with E-state index in [2.05, 4.69) is 5.32 Å². The molecule has 5 nitrogen and oxygen atoms in total. The second kappa shape index (κ2) is 9.32. The highest BCUT2D eigenvalue weighted by molar-refractivity contribution is 5.91. The van der Waals surface area contributed by atoms with Gasteiger partial charge in [0.15, 0.2) is 6.61 Å². The molecule has 0 aromatic heterocycles. The van der Waals surface area contributed by atoms with Gasteiger partial charge in [-0.3, -0.25) is 4.79 Å². The van der Waals surface area contributed by atoms with Gasteiger partial charge in [-0.25, -0.2) is 9.18 Å². The average Bonchev–Trinajstić information content (AvgIpc) is 2.73. The van der Waals surface area contributed by atoms with Gasteiger partial charge in [0.25, 0.3) is 5.91 Å². The number of rotatable bonds is 7. The number of halogens is 1. The van der Waals surface area contributed by atoms with Crippen LogP contribution in [0.15, 0.2) is 78.9 Å². The third-order valence-corrected chi connectivity index (χ3v) is 3.81. The first kappa shape index (κ1) is 19.1. The second-order valence-corrected chi connectivity index (χ2v) is 5.92. The Morgan fingerprint density at radius 2 is 1.46 bits per heavy atom. The highest BCUT2D eigenvalue weighted by atomic mass is 19.1. The van der Waals surface area contributed by atoms with Crippen molar-refractivity contribution in [1.29, 1.82) is 0 Å². The zero-order valence-electron chi connectivity index (χ0n) is 14.9. The molecule has 3 aromatic carbocycles. The summed E-state index contributed by atoms with van der Waals surface area (Å²) in [6, 6.07) is 21.5.